The molecule has 1 aromatic heterocycles. The number of piperidine rings is 1. The molecule has 1 aliphatic carbocycles. The van der Waals surface area contributed by atoms with Crippen LogP contribution in [0.5, 0.6) is 0 Å². The van der Waals surface area contributed by atoms with Gasteiger partial charge in [0.2, 0.25) is 5.91 Å². The number of fused-ring (bicyclic) bond motifs is 1. The SMILES string of the molecule is O=C(c1ccc2nccnc2c1)N1CCCC12CCCN(C1CCC(O)CC1)C2=O. The van der Waals surface area contributed by atoms with E-state index >= 15 is 0 Å². The quantitative estimate of drug-likeness (QED) is 0.825. The van der Waals surface area contributed by atoms with Gasteiger partial charge in [0, 0.05) is 37.1 Å². The predicted octanol–water partition coefficient (Wildman–Crippen LogP) is 2.53. The molecule has 0 bridgehead atoms. The maximum absolute atomic E-state index is 13.7. The Morgan fingerprint density at radius 2 is 1.70 bits per heavy atom. The number of nitrogens with zero attached hydrogens (tertiary/aromatic N) is 4. The highest BCUT2D eigenvalue weighted by molar-refractivity contribution is 6.01. The van der Waals surface area contributed by atoms with Crippen LogP contribution in [0.2, 0.25) is 0 Å². The summed E-state index contributed by atoms with van der Waals surface area (Å²) in [5, 5.41) is 9.85. The van der Waals surface area contributed by atoms with E-state index in [-0.39, 0.29) is 24.0 Å². The highest BCUT2D eigenvalue weighted by Crippen LogP contribution is 2.41. The zero-order valence-electron chi connectivity index (χ0n) is 17.2. The third-order valence-corrected chi connectivity index (χ3v) is 7.21. The van der Waals surface area contributed by atoms with Crippen LogP contribution in [0.15, 0.2) is 30.6 Å². The number of hydrogen-bond donors (Lipinski definition) is 1. The number of aromatic nitrogens is 2. The smallest absolute Gasteiger partial charge is 0.254 e. The van der Waals surface area contributed by atoms with E-state index in [1.165, 1.54) is 0 Å². The molecule has 5 rings (SSSR count). The second kappa shape index (κ2) is 7.61. The second-order valence-electron chi connectivity index (χ2n) is 8.92. The molecule has 3 heterocycles. The number of hydrogen-bond acceptors (Lipinski definition) is 5. The first-order chi connectivity index (χ1) is 14.6. The highest BCUT2D eigenvalue weighted by atomic mass is 16.3. The van der Waals surface area contributed by atoms with Gasteiger partial charge in [-0.05, 0) is 69.6 Å². The molecule has 1 spiro atoms. The van der Waals surface area contributed by atoms with E-state index in [2.05, 4.69) is 9.97 Å². The average molecular weight is 409 g/mol. The lowest BCUT2D eigenvalue weighted by atomic mass is 9.82. The van der Waals surface area contributed by atoms with E-state index in [1.54, 1.807) is 24.5 Å². The van der Waals surface area contributed by atoms with Gasteiger partial charge in [-0.25, -0.2) is 0 Å². The summed E-state index contributed by atoms with van der Waals surface area (Å²) in [7, 11) is 0. The first-order valence-corrected chi connectivity index (χ1v) is 11.1. The van der Waals surface area contributed by atoms with E-state index in [1.807, 2.05) is 15.9 Å². The van der Waals surface area contributed by atoms with Crippen LogP contribution in [0.1, 0.15) is 61.7 Å². The van der Waals surface area contributed by atoms with Gasteiger partial charge in [-0.2, -0.15) is 0 Å². The van der Waals surface area contributed by atoms with Crippen molar-refractivity contribution in [3.8, 4) is 0 Å². The van der Waals surface area contributed by atoms with Crippen molar-refractivity contribution < 1.29 is 14.7 Å². The fraction of sp³-hybridized carbons (Fsp3) is 0.565. The summed E-state index contributed by atoms with van der Waals surface area (Å²) in [6, 6.07) is 5.58. The summed E-state index contributed by atoms with van der Waals surface area (Å²) >= 11 is 0. The molecule has 1 saturated carbocycles. The average Bonchev–Trinajstić information content (AvgIpc) is 3.20. The molecule has 30 heavy (non-hydrogen) atoms. The van der Waals surface area contributed by atoms with Gasteiger partial charge < -0.3 is 14.9 Å². The van der Waals surface area contributed by atoms with Crippen LogP contribution in [-0.2, 0) is 4.79 Å². The van der Waals surface area contributed by atoms with Crippen molar-refractivity contribution >= 4 is 22.8 Å². The number of rotatable bonds is 2. The molecule has 2 aromatic rings. The maximum atomic E-state index is 13.7. The lowest BCUT2D eigenvalue weighted by Crippen LogP contribution is -2.63. The summed E-state index contributed by atoms with van der Waals surface area (Å²) < 4.78 is 0. The van der Waals surface area contributed by atoms with E-state index in [0.29, 0.717) is 17.6 Å². The predicted molar refractivity (Wildman–Crippen MR) is 112 cm³/mol. The molecule has 0 radical (unpaired) electrons. The number of amides is 2. The molecule has 7 nitrogen and oxygen atoms in total. The Labute approximate surface area is 176 Å². The van der Waals surface area contributed by atoms with Crippen molar-refractivity contribution in [3.63, 3.8) is 0 Å². The van der Waals surface area contributed by atoms with Gasteiger partial charge in [0.1, 0.15) is 5.54 Å². The van der Waals surface area contributed by atoms with Gasteiger partial charge in [0.15, 0.2) is 0 Å². The standard InChI is InChI=1S/C23H28N4O3/c28-18-6-4-17(5-7-18)26-13-1-9-23(22(26)30)10-2-14-27(23)21(29)16-3-8-19-20(15-16)25-12-11-24-19/h3,8,11-12,15,17-18,28H,1-2,4-7,9-10,13-14H2. The van der Waals surface area contributed by atoms with Crippen LogP contribution in [0, 0.1) is 0 Å². The molecule has 2 saturated heterocycles. The van der Waals surface area contributed by atoms with Gasteiger partial charge in [-0.15, -0.1) is 0 Å². The Balaban J connectivity index is 1.42. The zero-order valence-corrected chi connectivity index (χ0v) is 17.2. The molecule has 3 aliphatic rings. The van der Waals surface area contributed by atoms with Crippen molar-refractivity contribution in [2.75, 3.05) is 13.1 Å². The van der Waals surface area contributed by atoms with Crippen LogP contribution in [0.3, 0.4) is 0 Å². The number of carbonyl (C=O) groups is 2. The number of aliphatic hydroxyl groups is 1. The Hall–Kier alpha value is -2.54. The molecule has 2 amide bonds. The summed E-state index contributed by atoms with van der Waals surface area (Å²) in [6.07, 6.45) is 9.45. The Morgan fingerprint density at radius 3 is 2.47 bits per heavy atom. The van der Waals surface area contributed by atoms with Gasteiger partial charge >= 0.3 is 0 Å². The summed E-state index contributed by atoms with van der Waals surface area (Å²) in [4.78, 5) is 39.7. The minimum absolute atomic E-state index is 0.0886. The van der Waals surface area contributed by atoms with Crippen LogP contribution in [-0.4, -0.2) is 67.5 Å². The molecule has 158 valence electrons. The van der Waals surface area contributed by atoms with Gasteiger partial charge in [-0.1, -0.05) is 0 Å². The fourth-order valence-corrected chi connectivity index (χ4v) is 5.64. The first kappa shape index (κ1) is 19.4. The van der Waals surface area contributed by atoms with Gasteiger partial charge in [0.25, 0.3) is 5.91 Å². The maximum Gasteiger partial charge on any atom is 0.254 e. The van der Waals surface area contributed by atoms with Crippen molar-refractivity contribution in [3.05, 3.63) is 36.2 Å². The van der Waals surface area contributed by atoms with Gasteiger partial charge in [-0.3, -0.25) is 19.6 Å². The Bertz CT molecular complexity index is 972. The molecular weight excluding hydrogens is 380 g/mol. The molecule has 1 atom stereocenters. The monoisotopic (exact) mass is 408 g/mol. The van der Waals surface area contributed by atoms with Gasteiger partial charge in [0.05, 0.1) is 17.1 Å². The molecule has 7 heteroatoms. The van der Waals surface area contributed by atoms with Crippen molar-refractivity contribution in [2.24, 2.45) is 0 Å². The Morgan fingerprint density at radius 1 is 1.00 bits per heavy atom. The van der Waals surface area contributed by atoms with E-state index in [4.69, 9.17) is 0 Å². The Kier molecular flexibility index (Phi) is 4.93. The third kappa shape index (κ3) is 3.16. The molecular formula is C23H28N4O3. The van der Waals surface area contributed by atoms with Crippen molar-refractivity contribution in [2.45, 2.75) is 69.1 Å². The summed E-state index contributed by atoms with van der Waals surface area (Å²) in [5.74, 6) is 0.0240. The van der Waals surface area contributed by atoms with Crippen LogP contribution in [0.4, 0.5) is 0 Å². The van der Waals surface area contributed by atoms with E-state index < -0.39 is 5.54 Å². The largest absolute Gasteiger partial charge is 0.393 e. The third-order valence-electron chi connectivity index (χ3n) is 7.21. The summed E-state index contributed by atoms with van der Waals surface area (Å²) in [5.41, 5.74) is 1.29. The lowest BCUT2D eigenvalue weighted by molar-refractivity contribution is -0.149. The molecule has 3 fully saturated rings. The normalized spacial score (nSPS) is 29.7. The fourth-order valence-electron chi connectivity index (χ4n) is 5.64. The van der Waals surface area contributed by atoms with Crippen molar-refractivity contribution in [1.82, 2.24) is 19.8 Å². The molecule has 1 aromatic carbocycles. The van der Waals surface area contributed by atoms with Crippen LogP contribution >= 0.6 is 0 Å². The molecule has 1 unspecified atom stereocenters. The number of likely N-dealkylation sites (tertiary alicyclic amines) is 2. The minimum atomic E-state index is -0.720. The molecule has 1 N–H and O–H groups in total. The summed E-state index contributed by atoms with van der Waals surface area (Å²) in [6.45, 7) is 1.37. The molecule has 2 aliphatic heterocycles. The zero-order chi connectivity index (χ0) is 20.7. The lowest BCUT2D eigenvalue weighted by Gasteiger charge is -2.48. The minimum Gasteiger partial charge on any atom is -0.393 e. The van der Waals surface area contributed by atoms with Crippen LogP contribution in [0.25, 0.3) is 11.0 Å². The van der Waals surface area contributed by atoms with Crippen LogP contribution < -0.4 is 0 Å². The topological polar surface area (TPSA) is 86.6 Å². The van der Waals surface area contributed by atoms with Crippen molar-refractivity contribution in [1.29, 1.82) is 0 Å². The second-order valence-corrected chi connectivity index (χ2v) is 8.92. The number of carbonyl (C=O) groups excluding carboxylic acids is 2. The highest BCUT2D eigenvalue weighted by Gasteiger charge is 2.53. The van der Waals surface area contributed by atoms with E-state index in [0.717, 1.165) is 63.4 Å². The number of benzene rings is 1. The van der Waals surface area contributed by atoms with E-state index in [9.17, 15) is 14.7 Å². The first-order valence-electron chi connectivity index (χ1n) is 11.1. The number of aliphatic hydroxyl groups excluding tert-OH is 1.